The van der Waals surface area contributed by atoms with Crippen LogP contribution in [0.4, 0.5) is 0 Å². The van der Waals surface area contributed by atoms with Crippen LogP contribution < -0.4 is 14.2 Å². The Bertz CT molecular complexity index is 1430. The molecule has 0 radical (unpaired) electrons. The van der Waals surface area contributed by atoms with Gasteiger partial charge in [0.15, 0.2) is 11.5 Å². The van der Waals surface area contributed by atoms with Crippen molar-refractivity contribution >= 4 is 16.7 Å². The molecule has 6 nitrogen and oxygen atoms in total. The molecule has 1 saturated heterocycles. The number of piperidine rings is 1. The number of ether oxygens (including phenoxy) is 3. The van der Waals surface area contributed by atoms with Crippen molar-refractivity contribution in [1.82, 2.24) is 9.80 Å². The lowest BCUT2D eigenvalue weighted by molar-refractivity contribution is 0.0629. The first-order chi connectivity index (χ1) is 19.6. The molecule has 1 atom stereocenters. The molecule has 0 N–H and O–H groups in total. The third-order valence-corrected chi connectivity index (χ3v) is 7.62. The number of fused-ring (bicyclic) bond motifs is 1. The fourth-order valence-electron chi connectivity index (χ4n) is 5.61. The van der Waals surface area contributed by atoms with E-state index in [1.165, 1.54) is 21.9 Å². The van der Waals surface area contributed by atoms with Crippen molar-refractivity contribution in [3.63, 3.8) is 0 Å². The van der Waals surface area contributed by atoms with Crippen LogP contribution in [-0.2, 0) is 13.1 Å². The van der Waals surface area contributed by atoms with Crippen LogP contribution in [0.5, 0.6) is 17.2 Å². The Balaban J connectivity index is 1.14. The first-order valence-corrected chi connectivity index (χ1v) is 13.9. The van der Waals surface area contributed by atoms with Crippen LogP contribution in [-0.4, -0.2) is 56.7 Å². The summed E-state index contributed by atoms with van der Waals surface area (Å²) in [6.07, 6.45) is 1.99. The van der Waals surface area contributed by atoms with Gasteiger partial charge in [-0.3, -0.25) is 9.69 Å². The van der Waals surface area contributed by atoms with Gasteiger partial charge in [-0.25, -0.2) is 0 Å². The summed E-state index contributed by atoms with van der Waals surface area (Å²) < 4.78 is 17.0. The summed E-state index contributed by atoms with van der Waals surface area (Å²) in [5.41, 5.74) is 3.12. The van der Waals surface area contributed by atoms with Gasteiger partial charge in [-0.1, -0.05) is 60.7 Å². The predicted molar refractivity (Wildman–Crippen MR) is 159 cm³/mol. The number of benzene rings is 4. The van der Waals surface area contributed by atoms with Gasteiger partial charge in [0.2, 0.25) is 0 Å². The molecule has 0 aromatic heterocycles. The van der Waals surface area contributed by atoms with E-state index in [9.17, 15) is 4.79 Å². The molecule has 6 heteroatoms. The fraction of sp³-hybridized carbons (Fsp3) is 0.324. The van der Waals surface area contributed by atoms with Crippen molar-refractivity contribution in [2.75, 3.05) is 41.0 Å². The number of carbonyl (C=O) groups excluding carboxylic acids is 1. The molecule has 40 heavy (non-hydrogen) atoms. The predicted octanol–water partition coefficient (Wildman–Crippen LogP) is 6.42. The van der Waals surface area contributed by atoms with Gasteiger partial charge in [0.1, 0.15) is 5.75 Å². The zero-order chi connectivity index (χ0) is 27.9. The number of carbonyl (C=O) groups is 1. The third-order valence-electron chi connectivity index (χ3n) is 7.62. The number of amides is 1. The second-order valence-corrected chi connectivity index (χ2v) is 10.6. The Labute approximate surface area is 237 Å². The van der Waals surface area contributed by atoms with E-state index in [2.05, 4.69) is 66.5 Å². The molecule has 1 aliphatic heterocycles. The number of hydrogen-bond donors (Lipinski definition) is 0. The number of hydrogen-bond acceptors (Lipinski definition) is 5. The van der Waals surface area contributed by atoms with E-state index in [4.69, 9.17) is 14.2 Å². The van der Waals surface area contributed by atoms with Crippen molar-refractivity contribution in [1.29, 1.82) is 0 Å². The molecule has 1 aliphatic rings. The van der Waals surface area contributed by atoms with E-state index in [-0.39, 0.29) is 11.8 Å². The fourth-order valence-corrected chi connectivity index (χ4v) is 5.61. The molecule has 0 bridgehead atoms. The Morgan fingerprint density at radius 1 is 0.900 bits per heavy atom. The minimum atomic E-state index is -0.0302. The highest BCUT2D eigenvalue weighted by Gasteiger charge is 2.27. The zero-order valence-corrected chi connectivity index (χ0v) is 23.6. The number of para-hydroxylation sites is 1. The molecule has 0 unspecified atom stereocenters. The smallest absolute Gasteiger partial charge is 0.257 e. The molecule has 1 amide bonds. The van der Waals surface area contributed by atoms with Gasteiger partial charge >= 0.3 is 0 Å². The summed E-state index contributed by atoms with van der Waals surface area (Å²) in [4.78, 5) is 17.6. The van der Waals surface area contributed by atoms with E-state index in [1.54, 1.807) is 26.4 Å². The van der Waals surface area contributed by atoms with E-state index >= 15 is 0 Å². The van der Waals surface area contributed by atoms with Gasteiger partial charge in [-0.2, -0.15) is 0 Å². The van der Waals surface area contributed by atoms with Crippen LogP contribution in [0.15, 0.2) is 84.9 Å². The third kappa shape index (κ3) is 6.40. The Kier molecular flexibility index (Phi) is 8.87. The molecule has 208 valence electrons. The van der Waals surface area contributed by atoms with Crippen LogP contribution in [0.2, 0.25) is 0 Å². The van der Waals surface area contributed by atoms with Crippen molar-refractivity contribution < 1.29 is 19.0 Å². The van der Waals surface area contributed by atoms with E-state index in [0.29, 0.717) is 30.2 Å². The molecule has 4 aromatic rings. The van der Waals surface area contributed by atoms with Gasteiger partial charge in [-0.05, 0) is 66.1 Å². The van der Waals surface area contributed by atoms with Crippen LogP contribution in [0.25, 0.3) is 10.8 Å². The van der Waals surface area contributed by atoms with Gasteiger partial charge in [-0.15, -0.1) is 0 Å². The highest BCUT2D eigenvalue weighted by Crippen LogP contribution is 2.32. The summed E-state index contributed by atoms with van der Waals surface area (Å²) in [6, 6.07) is 28.9. The number of rotatable bonds is 10. The largest absolute Gasteiger partial charge is 0.493 e. The summed E-state index contributed by atoms with van der Waals surface area (Å²) in [6.45, 7) is 3.72. The molecular formula is C34H38N2O4. The first kappa shape index (κ1) is 27.5. The first-order valence-electron chi connectivity index (χ1n) is 13.9. The van der Waals surface area contributed by atoms with E-state index in [1.807, 2.05) is 23.1 Å². The monoisotopic (exact) mass is 538 g/mol. The van der Waals surface area contributed by atoms with Crippen LogP contribution in [0, 0.1) is 5.92 Å². The van der Waals surface area contributed by atoms with E-state index in [0.717, 1.165) is 38.2 Å². The van der Waals surface area contributed by atoms with Crippen LogP contribution in [0.1, 0.15) is 34.3 Å². The van der Waals surface area contributed by atoms with Gasteiger partial charge in [0.25, 0.3) is 5.91 Å². The summed E-state index contributed by atoms with van der Waals surface area (Å²) >= 11 is 0. The average molecular weight is 539 g/mol. The van der Waals surface area contributed by atoms with Crippen LogP contribution >= 0.6 is 0 Å². The number of methoxy groups -OCH3 is 2. The number of nitrogens with zero attached hydrogens (tertiary/aromatic N) is 2. The molecule has 4 aromatic carbocycles. The van der Waals surface area contributed by atoms with Crippen molar-refractivity contribution in [3.05, 3.63) is 102 Å². The molecule has 0 saturated carbocycles. The lowest BCUT2D eigenvalue weighted by Crippen LogP contribution is -2.41. The summed E-state index contributed by atoms with van der Waals surface area (Å²) in [7, 11) is 5.30. The Morgan fingerprint density at radius 2 is 1.68 bits per heavy atom. The Hall–Kier alpha value is -4.03. The molecule has 0 spiro atoms. The highest BCUT2D eigenvalue weighted by molar-refractivity contribution is 5.98. The standard InChI is InChI=1S/C34H38N2O4/c1-35(23-28-12-6-11-27-10-4-5-13-30(27)28)21-25-16-18-29(19-17-25)40-24-26-9-8-20-36(22-26)34(37)31-14-7-15-32(38-2)33(31)39-3/h4-7,10-19,26H,8-9,20-24H2,1-3H3/t26-/m1/s1. The minimum absolute atomic E-state index is 0.0302. The van der Waals surface area contributed by atoms with Gasteiger partial charge < -0.3 is 19.1 Å². The molecule has 1 fully saturated rings. The molecule has 5 rings (SSSR count). The molecular weight excluding hydrogens is 500 g/mol. The topological polar surface area (TPSA) is 51.2 Å². The minimum Gasteiger partial charge on any atom is -0.493 e. The number of likely N-dealkylation sites (tertiary alicyclic amines) is 1. The van der Waals surface area contributed by atoms with Crippen molar-refractivity contribution in [3.8, 4) is 17.2 Å². The quantitative estimate of drug-likeness (QED) is 0.233. The molecule has 0 aliphatic carbocycles. The van der Waals surface area contributed by atoms with Crippen LogP contribution in [0.3, 0.4) is 0 Å². The second-order valence-electron chi connectivity index (χ2n) is 10.6. The summed E-state index contributed by atoms with van der Waals surface area (Å²) in [5, 5.41) is 2.59. The maximum Gasteiger partial charge on any atom is 0.257 e. The average Bonchev–Trinajstić information content (AvgIpc) is 3.00. The maximum absolute atomic E-state index is 13.3. The maximum atomic E-state index is 13.3. The lowest BCUT2D eigenvalue weighted by Gasteiger charge is -2.33. The lowest BCUT2D eigenvalue weighted by atomic mass is 9.98. The van der Waals surface area contributed by atoms with Gasteiger partial charge in [0, 0.05) is 32.1 Å². The van der Waals surface area contributed by atoms with Crippen molar-refractivity contribution in [2.45, 2.75) is 25.9 Å². The Morgan fingerprint density at radius 3 is 2.48 bits per heavy atom. The normalized spacial score (nSPS) is 15.3. The molecule has 1 heterocycles. The SMILES string of the molecule is COc1cccc(C(=O)N2CCC[C@@H](COc3ccc(CN(C)Cc4cccc5ccccc45)cc3)C2)c1OC. The van der Waals surface area contributed by atoms with Gasteiger partial charge in [0.05, 0.1) is 26.4 Å². The zero-order valence-electron chi connectivity index (χ0n) is 23.6. The van der Waals surface area contributed by atoms with Crippen molar-refractivity contribution in [2.24, 2.45) is 5.92 Å². The summed E-state index contributed by atoms with van der Waals surface area (Å²) in [5.74, 6) is 2.15. The van der Waals surface area contributed by atoms with E-state index < -0.39 is 0 Å². The second kappa shape index (κ2) is 12.9. The highest BCUT2D eigenvalue weighted by atomic mass is 16.5.